The van der Waals surface area contributed by atoms with Crippen molar-refractivity contribution in [1.82, 2.24) is 4.98 Å². The maximum atomic E-state index is 13.8. The van der Waals surface area contributed by atoms with Crippen LogP contribution in [-0.4, -0.2) is 10.8 Å². The summed E-state index contributed by atoms with van der Waals surface area (Å²) < 4.78 is 27.0. The Morgan fingerprint density at radius 2 is 1.86 bits per heavy atom. The highest BCUT2D eigenvalue weighted by atomic mass is 19.1. The molecule has 0 aliphatic rings. The number of halogens is 2. The minimum atomic E-state index is -0.923. The van der Waals surface area contributed by atoms with Crippen LogP contribution in [0.25, 0.3) is 10.9 Å². The Bertz CT molecular complexity index is 868. The number of aromatic amines is 1. The minimum absolute atomic E-state index is 0.240. The van der Waals surface area contributed by atoms with Gasteiger partial charge in [-0.1, -0.05) is 12.1 Å². The fraction of sp³-hybridized carbons (Fsp3) is 0.0625. The molecule has 0 unspecified atom stereocenters. The number of fused-ring (bicyclic) bond motifs is 1. The molecule has 5 heteroatoms. The van der Waals surface area contributed by atoms with Crippen LogP contribution < -0.4 is 5.73 Å². The zero-order chi connectivity index (χ0) is 15.1. The first-order valence-corrected chi connectivity index (χ1v) is 6.34. The number of carbonyl (C=O) groups is 1. The molecule has 0 radical (unpaired) electrons. The predicted molar refractivity (Wildman–Crippen MR) is 77.2 cm³/mol. The second-order valence-corrected chi connectivity index (χ2v) is 4.93. The molecule has 21 heavy (non-hydrogen) atoms. The van der Waals surface area contributed by atoms with Gasteiger partial charge in [-0.2, -0.15) is 0 Å². The van der Waals surface area contributed by atoms with Gasteiger partial charge >= 0.3 is 0 Å². The van der Waals surface area contributed by atoms with Crippen molar-refractivity contribution in [1.29, 1.82) is 0 Å². The summed E-state index contributed by atoms with van der Waals surface area (Å²) in [6.45, 7) is 1.93. The first-order valence-electron chi connectivity index (χ1n) is 6.34. The molecular formula is C16H12F2N2O. The molecule has 0 saturated heterocycles. The predicted octanol–water partition coefficient (Wildman–Crippen LogP) is 3.57. The quantitative estimate of drug-likeness (QED) is 0.559. The van der Waals surface area contributed by atoms with Crippen LogP contribution in [0.4, 0.5) is 14.5 Å². The Labute approximate surface area is 119 Å². The average Bonchev–Trinajstić information content (AvgIpc) is 2.85. The molecule has 3 aromatic rings. The van der Waals surface area contributed by atoms with Gasteiger partial charge in [0, 0.05) is 28.7 Å². The fourth-order valence-electron chi connectivity index (χ4n) is 2.31. The van der Waals surface area contributed by atoms with Gasteiger partial charge in [-0.05, 0) is 24.6 Å². The number of ketones is 1. The van der Waals surface area contributed by atoms with Gasteiger partial charge in [-0.3, -0.25) is 4.79 Å². The van der Waals surface area contributed by atoms with Gasteiger partial charge in [0.15, 0.2) is 5.78 Å². The molecule has 1 aromatic heterocycles. The molecule has 3 rings (SSSR count). The number of rotatable bonds is 2. The first-order chi connectivity index (χ1) is 9.97. The molecule has 0 amide bonds. The summed E-state index contributed by atoms with van der Waals surface area (Å²) in [4.78, 5) is 15.4. The normalized spacial score (nSPS) is 11.0. The SMILES string of the molecule is Cc1ccc2c(C(=O)c3cc(N)c(F)cc3F)c[nH]c2c1. The van der Waals surface area contributed by atoms with Crippen molar-refractivity contribution in [3.8, 4) is 0 Å². The van der Waals surface area contributed by atoms with Crippen LogP contribution in [0.1, 0.15) is 21.5 Å². The van der Waals surface area contributed by atoms with Gasteiger partial charge in [-0.15, -0.1) is 0 Å². The van der Waals surface area contributed by atoms with Gasteiger partial charge in [0.25, 0.3) is 0 Å². The highest BCUT2D eigenvalue weighted by Crippen LogP contribution is 2.25. The number of nitrogens with one attached hydrogen (secondary N) is 1. The van der Waals surface area contributed by atoms with Crippen LogP contribution in [0.2, 0.25) is 0 Å². The van der Waals surface area contributed by atoms with Gasteiger partial charge < -0.3 is 10.7 Å². The number of aromatic nitrogens is 1. The van der Waals surface area contributed by atoms with Crippen molar-refractivity contribution in [3.63, 3.8) is 0 Å². The zero-order valence-electron chi connectivity index (χ0n) is 11.2. The number of nitrogen functional groups attached to an aromatic ring is 1. The number of aryl methyl sites for hydroxylation is 1. The van der Waals surface area contributed by atoms with E-state index in [2.05, 4.69) is 4.98 Å². The Morgan fingerprint density at radius 3 is 2.62 bits per heavy atom. The number of hydrogen-bond donors (Lipinski definition) is 2. The van der Waals surface area contributed by atoms with Crippen LogP contribution in [0.5, 0.6) is 0 Å². The average molecular weight is 286 g/mol. The largest absolute Gasteiger partial charge is 0.396 e. The van der Waals surface area contributed by atoms with Crippen LogP contribution >= 0.6 is 0 Å². The highest BCUT2D eigenvalue weighted by Gasteiger charge is 2.19. The van der Waals surface area contributed by atoms with Crippen LogP contribution in [0.15, 0.2) is 36.5 Å². The number of nitrogens with two attached hydrogens (primary N) is 1. The molecule has 0 aliphatic heterocycles. The van der Waals surface area contributed by atoms with Crippen LogP contribution in [-0.2, 0) is 0 Å². The second kappa shape index (κ2) is 4.70. The highest BCUT2D eigenvalue weighted by molar-refractivity contribution is 6.16. The van der Waals surface area contributed by atoms with Crippen LogP contribution in [0.3, 0.4) is 0 Å². The third-order valence-corrected chi connectivity index (χ3v) is 3.41. The van der Waals surface area contributed by atoms with Crippen molar-refractivity contribution in [2.75, 3.05) is 5.73 Å². The smallest absolute Gasteiger partial charge is 0.198 e. The molecule has 1 heterocycles. The first kappa shape index (κ1) is 13.3. The van der Waals surface area contributed by atoms with Crippen molar-refractivity contribution < 1.29 is 13.6 Å². The molecule has 106 valence electrons. The van der Waals surface area contributed by atoms with Gasteiger partial charge in [0.05, 0.1) is 11.3 Å². The summed E-state index contributed by atoms with van der Waals surface area (Å²) >= 11 is 0. The third kappa shape index (κ3) is 2.16. The van der Waals surface area contributed by atoms with Gasteiger partial charge in [-0.25, -0.2) is 8.78 Å². The van der Waals surface area contributed by atoms with E-state index >= 15 is 0 Å². The lowest BCUT2D eigenvalue weighted by molar-refractivity contribution is 0.103. The summed E-state index contributed by atoms with van der Waals surface area (Å²) in [7, 11) is 0. The van der Waals surface area contributed by atoms with E-state index in [-0.39, 0.29) is 11.3 Å². The molecule has 3 N–H and O–H groups in total. The lowest BCUT2D eigenvalue weighted by Crippen LogP contribution is -2.06. The lowest BCUT2D eigenvalue weighted by Gasteiger charge is -2.04. The molecule has 0 aliphatic carbocycles. The molecule has 2 aromatic carbocycles. The topological polar surface area (TPSA) is 58.9 Å². The Morgan fingerprint density at radius 1 is 1.10 bits per heavy atom. The molecule has 0 bridgehead atoms. The van der Waals surface area contributed by atoms with Crippen LogP contribution in [0, 0.1) is 18.6 Å². The summed E-state index contributed by atoms with van der Waals surface area (Å²) in [5, 5.41) is 0.688. The molecule has 3 nitrogen and oxygen atoms in total. The fourth-order valence-corrected chi connectivity index (χ4v) is 2.31. The maximum Gasteiger partial charge on any atom is 0.198 e. The van der Waals surface area contributed by atoms with E-state index in [0.29, 0.717) is 17.0 Å². The standard InChI is InChI=1S/C16H12F2N2O/c1-8-2-3-9-11(7-20-15(9)4-8)16(21)10-5-14(19)13(18)6-12(10)17/h2-7,20H,19H2,1H3. The molecule has 0 spiro atoms. The van der Waals surface area contributed by atoms with Crippen molar-refractivity contribution >= 4 is 22.4 Å². The van der Waals surface area contributed by atoms with E-state index in [0.717, 1.165) is 17.1 Å². The Hall–Kier alpha value is -2.69. The van der Waals surface area contributed by atoms with E-state index in [1.54, 1.807) is 6.07 Å². The summed E-state index contributed by atoms with van der Waals surface area (Å²) in [6, 6.07) is 7.20. The number of anilines is 1. The zero-order valence-corrected chi connectivity index (χ0v) is 11.2. The number of carbonyl (C=O) groups excluding carboxylic acids is 1. The number of hydrogen-bond acceptors (Lipinski definition) is 2. The van der Waals surface area contributed by atoms with E-state index in [4.69, 9.17) is 5.73 Å². The van der Waals surface area contributed by atoms with E-state index in [1.165, 1.54) is 6.20 Å². The minimum Gasteiger partial charge on any atom is -0.396 e. The third-order valence-electron chi connectivity index (χ3n) is 3.41. The number of benzene rings is 2. The number of H-pyrrole nitrogens is 1. The van der Waals surface area contributed by atoms with Gasteiger partial charge in [0.1, 0.15) is 11.6 Å². The maximum absolute atomic E-state index is 13.8. The van der Waals surface area contributed by atoms with Crippen molar-refractivity contribution in [2.45, 2.75) is 6.92 Å². The molecule has 0 atom stereocenters. The van der Waals surface area contributed by atoms with E-state index < -0.39 is 17.4 Å². The van der Waals surface area contributed by atoms with Crippen molar-refractivity contribution in [2.24, 2.45) is 0 Å². The van der Waals surface area contributed by atoms with Crippen molar-refractivity contribution in [3.05, 3.63) is 64.9 Å². The Kier molecular flexibility index (Phi) is 2.97. The van der Waals surface area contributed by atoms with E-state index in [1.807, 2.05) is 19.1 Å². The van der Waals surface area contributed by atoms with Gasteiger partial charge in [0.2, 0.25) is 0 Å². The lowest BCUT2D eigenvalue weighted by atomic mass is 10.0. The summed E-state index contributed by atoms with van der Waals surface area (Å²) in [6.07, 6.45) is 1.52. The summed E-state index contributed by atoms with van der Waals surface area (Å²) in [5.41, 5.74) is 7.07. The molecule has 0 saturated carbocycles. The van der Waals surface area contributed by atoms with E-state index in [9.17, 15) is 13.6 Å². The second-order valence-electron chi connectivity index (χ2n) is 4.93. The summed E-state index contributed by atoms with van der Waals surface area (Å²) in [5.74, 6) is -2.33. The Balaban J connectivity index is 2.15. The molecule has 0 fully saturated rings. The molecular weight excluding hydrogens is 274 g/mol. The monoisotopic (exact) mass is 286 g/mol.